The lowest BCUT2D eigenvalue weighted by atomic mass is 9.80. The average Bonchev–Trinajstić information content (AvgIpc) is 3.41. The highest BCUT2D eigenvalue weighted by molar-refractivity contribution is 5.60. The van der Waals surface area contributed by atoms with Crippen LogP contribution >= 0.6 is 0 Å². The van der Waals surface area contributed by atoms with E-state index in [1.807, 2.05) is 0 Å². The molecule has 6 nitrogen and oxygen atoms in total. The first-order valence-electron chi connectivity index (χ1n) is 9.21. The van der Waals surface area contributed by atoms with Gasteiger partial charge in [0.25, 0.3) is 0 Å². The van der Waals surface area contributed by atoms with Crippen LogP contribution in [-0.2, 0) is 12.1 Å². The van der Waals surface area contributed by atoms with Crippen molar-refractivity contribution in [3.05, 3.63) is 89.7 Å². The summed E-state index contributed by atoms with van der Waals surface area (Å²) in [6.45, 7) is 1.18. The molecule has 2 atom stereocenters. The van der Waals surface area contributed by atoms with Gasteiger partial charge in [-0.1, -0.05) is 18.1 Å². The molecule has 4 aromatic rings. The summed E-state index contributed by atoms with van der Waals surface area (Å²) >= 11 is 0. The van der Waals surface area contributed by atoms with Crippen LogP contribution in [0.2, 0.25) is 0 Å². The molecule has 0 fully saturated rings. The van der Waals surface area contributed by atoms with Crippen LogP contribution in [0.25, 0.3) is 11.3 Å². The summed E-state index contributed by atoms with van der Waals surface area (Å²) < 4.78 is 63.2. The minimum absolute atomic E-state index is 0.00364. The van der Waals surface area contributed by atoms with Crippen LogP contribution < -0.4 is 0 Å². The van der Waals surface area contributed by atoms with E-state index in [2.05, 4.69) is 15.2 Å². The SMILES string of the molecule is C[C@@H](c1cc(-c2c(F)cccc2F)no1)[C@](O)(Cn1cncn1)c1cc(F)ccc1F. The normalized spacial score (nSPS) is 14.4. The second-order valence-corrected chi connectivity index (χ2v) is 7.07. The quantitative estimate of drug-likeness (QED) is 0.463. The maximum atomic E-state index is 14.6. The lowest BCUT2D eigenvalue weighted by molar-refractivity contribution is -0.0183. The van der Waals surface area contributed by atoms with Crippen LogP contribution in [0, 0.1) is 23.3 Å². The maximum absolute atomic E-state index is 14.6. The first-order valence-corrected chi connectivity index (χ1v) is 9.21. The van der Waals surface area contributed by atoms with Crippen LogP contribution in [0.3, 0.4) is 0 Å². The zero-order valence-corrected chi connectivity index (χ0v) is 16.1. The summed E-state index contributed by atoms with van der Waals surface area (Å²) in [6, 6.07) is 7.28. The summed E-state index contributed by atoms with van der Waals surface area (Å²) in [5.74, 6) is -4.32. The number of hydrogen-bond donors (Lipinski definition) is 1. The topological polar surface area (TPSA) is 77.0 Å². The van der Waals surface area contributed by atoms with E-state index in [1.165, 1.54) is 36.4 Å². The van der Waals surface area contributed by atoms with Gasteiger partial charge in [-0.25, -0.2) is 27.2 Å². The Morgan fingerprint density at radius 1 is 1.06 bits per heavy atom. The number of aliphatic hydroxyl groups is 1. The van der Waals surface area contributed by atoms with Crippen molar-refractivity contribution < 1.29 is 27.2 Å². The Balaban J connectivity index is 1.79. The minimum atomic E-state index is -2.07. The molecule has 31 heavy (non-hydrogen) atoms. The second kappa shape index (κ2) is 7.95. The van der Waals surface area contributed by atoms with Gasteiger partial charge in [0.15, 0.2) is 0 Å². The Hall–Kier alpha value is -3.53. The van der Waals surface area contributed by atoms with Gasteiger partial charge in [-0.05, 0) is 30.3 Å². The van der Waals surface area contributed by atoms with Gasteiger partial charge in [-0.2, -0.15) is 5.10 Å². The Kier molecular flexibility index (Phi) is 5.32. The Morgan fingerprint density at radius 3 is 2.48 bits per heavy atom. The molecule has 10 heteroatoms. The highest BCUT2D eigenvalue weighted by Crippen LogP contribution is 2.41. The second-order valence-electron chi connectivity index (χ2n) is 7.07. The molecule has 0 saturated carbocycles. The molecular formula is C21H16F4N4O2. The van der Waals surface area contributed by atoms with Gasteiger partial charge in [0.2, 0.25) is 0 Å². The number of hydrogen-bond acceptors (Lipinski definition) is 5. The molecule has 160 valence electrons. The standard InChI is InChI=1S/C21H16F4N4O2/c1-12(19-8-18(28-31-19)20-16(24)3-2-4-17(20)25)21(30,9-29-11-26-10-27-29)14-7-13(22)5-6-15(14)23/h2-8,10-12,30H,9H2,1H3/t12-,21+/m0/s1. The molecular weight excluding hydrogens is 416 g/mol. The number of aromatic nitrogens is 4. The molecule has 0 bridgehead atoms. The van der Waals surface area contributed by atoms with Crippen LogP contribution in [-0.4, -0.2) is 25.0 Å². The molecule has 1 N–H and O–H groups in total. The molecule has 2 aromatic heterocycles. The summed E-state index contributed by atoms with van der Waals surface area (Å²) in [5.41, 5.74) is -2.95. The van der Waals surface area contributed by atoms with Gasteiger partial charge in [-0.3, -0.25) is 0 Å². The Bertz CT molecular complexity index is 1190. The number of halogens is 4. The number of nitrogens with zero attached hydrogens (tertiary/aromatic N) is 4. The first-order chi connectivity index (χ1) is 14.8. The Labute approximate surface area is 173 Å². The van der Waals surface area contributed by atoms with E-state index in [1.54, 1.807) is 0 Å². The van der Waals surface area contributed by atoms with Gasteiger partial charge in [0, 0.05) is 11.6 Å². The third-order valence-corrected chi connectivity index (χ3v) is 5.15. The van der Waals surface area contributed by atoms with Gasteiger partial charge in [0.1, 0.15) is 53.0 Å². The molecule has 0 radical (unpaired) electrons. The van der Waals surface area contributed by atoms with Crippen LogP contribution in [0.4, 0.5) is 17.6 Å². The molecule has 0 aliphatic carbocycles. The number of rotatable bonds is 6. The monoisotopic (exact) mass is 432 g/mol. The van der Waals surface area contributed by atoms with E-state index in [0.29, 0.717) is 0 Å². The highest BCUT2D eigenvalue weighted by atomic mass is 19.1. The third-order valence-electron chi connectivity index (χ3n) is 5.15. The van der Waals surface area contributed by atoms with Crippen molar-refractivity contribution in [2.75, 3.05) is 0 Å². The lowest BCUT2D eigenvalue weighted by Gasteiger charge is -2.33. The van der Waals surface area contributed by atoms with Crippen molar-refractivity contribution in [1.82, 2.24) is 19.9 Å². The van der Waals surface area contributed by atoms with E-state index < -0.39 is 40.4 Å². The molecule has 0 spiro atoms. The molecule has 0 aliphatic heterocycles. The van der Waals surface area contributed by atoms with Crippen molar-refractivity contribution in [2.45, 2.75) is 25.0 Å². The van der Waals surface area contributed by atoms with E-state index in [0.717, 1.165) is 30.3 Å². The van der Waals surface area contributed by atoms with E-state index in [9.17, 15) is 22.7 Å². The van der Waals surface area contributed by atoms with Crippen LogP contribution in [0.5, 0.6) is 0 Å². The maximum Gasteiger partial charge on any atom is 0.143 e. The predicted octanol–water partition coefficient (Wildman–Crippen LogP) is 4.18. The van der Waals surface area contributed by atoms with Crippen molar-refractivity contribution in [3.63, 3.8) is 0 Å². The number of benzene rings is 2. The zero-order valence-electron chi connectivity index (χ0n) is 16.1. The summed E-state index contributed by atoms with van der Waals surface area (Å²) in [7, 11) is 0. The smallest absolute Gasteiger partial charge is 0.143 e. The van der Waals surface area contributed by atoms with Crippen molar-refractivity contribution in [3.8, 4) is 11.3 Å². The molecule has 2 heterocycles. The zero-order chi connectivity index (χ0) is 22.2. The van der Waals surface area contributed by atoms with Gasteiger partial charge in [0.05, 0.1) is 18.0 Å². The summed E-state index contributed by atoms with van der Waals surface area (Å²) in [4.78, 5) is 3.79. The fourth-order valence-corrected chi connectivity index (χ4v) is 3.44. The van der Waals surface area contributed by atoms with Crippen molar-refractivity contribution in [1.29, 1.82) is 0 Å². The molecule has 0 aliphatic rings. The fraction of sp³-hybridized carbons (Fsp3) is 0.190. The molecule has 4 rings (SSSR count). The van der Waals surface area contributed by atoms with Gasteiger partial charge < -0.3 is 9.63 Å². The first kappa shape index (κ1) is 20.7. The van der Waals surface area contributed by atoms with Crippen molar-refractivity contribution >= 4 is 0 Å². The molecule has 0 unspecified atom stereocenters. The van der Waals surface area contributed by atoms with Gasteiger partial charge >= 0.3 is 0 Å². The largest absolute Gasteiger partial charge is 0.382 e. The lowest BCUT2D eigenvalue weighted by Crippen LogP contribution is -2.38. The predicted molar refractivity (Wildman–Crippen MR) is 101 cm³/mol. The molecule has 0 amide bonds. The third kappa shape index (κ3) is 3.81. The highest BCUT2D eigenvalue weighted by Gasteiger charge is 2.42. The minimum Gasteiger partial charge on any atom is -0.382 e. The van der Waals surface area contributed by atoms with E-state index >= 15 is 0 Å². The summed E-state index contributed by atoms with van der Waals surface area (Å²) in [5, 5.41) is 19.2. The van der Waals surface area contributed by atoms with Crippen LogP contribution in [0.1, 0.15) is 24.2 Å². The Morgan fingerprint density at radius 2 is 1.81 bits per heavy atom. The van der Waals surface area contributed by atoms with Crippen LogP contribution in [0.15, 0.2) is 59.6 Å². The molecule has 2 aromatic carbocycles. The summed E-state index contributed by atoms with van der Waals surface area (Å²) in [6.07, 6.45) is 2.52. The van der Waals surface area contributed by atoms with Crippen molar-refractivity contribution in [2.24, 2.45) is 0 Å². The molecule has 0 saturated heterocycles. The average molecular weight is 432 g/mol. The fourth-order valence-electron chi connectivity index (χ4n) is 3.44. The van der Waals surface area contributed by atoms with E-state index in [4.69, 9.17) is 4.52 Å². The van der Waals surface area contributed by atoms with E-state index in [-0.39, 0.29) is 23.6 Å². The van der Waals surface area contributed by atoms with Gasteiger partial charge in [-0.15, -0.1) is 0 Å².